The van der Waals surface area contributed by atoms with Gasteiger partial charge in [-0.1, -0.05) is 24.3 Å². The van der Waals surface area contributed by atoms with Crippen LogP contribution in [0, 0.1) is 6.92 Å². The third-order valence-corrected chi connectivity index (χ3v) is 5.58. The minimum atomic E-state index is -3.64. The molecule has 0 saturated heterocycles. The highest BCUT2D eigenvalue weighted by Gasteiger charge is 2.27. The van der Waals surface area contributed by atoms with Gasteiger partial charge in [-0.2, -0.15) is 0 Å². The summed E-state index contributed by atoms with van der Waals surface area (Å²) in [6, 6.07) is 9.29. The van der Waals surface area contributed by atoms with Crippen LogP contribution in [0.15, 0.2) is 39.6 Å². The van der Waals surface area contributed by atoms with E-state index in [1.165, 1.54) is 25.6 Å². The van der Waals surface area contributed by atoms with Crippen LogP contribution in [0.4, 0.5) is 0 Å². The minimum Gasteiger partial charge on any atom is -0.455 e. The molecule has 1 aliphatic rings. The average Bonchev–Trinajstić information content (AvgIpc) is 2.96. The lowest BCUT2D eigenvalue weighted by Crippen LogP contribution is -2.35. The highest BCUT2D eigenvalue weighted by molar-refractivity contribution is 7.89. The number of nitrogens with one attached hydrogen (secondary N) is 1. The van der Waals surface area contributed by atoms with Crippen molar-refractivity contribution >= 4 is 15.9 Å². The van der Waals surface area contributed by atoms with Crippen LogP contribution in [0.2, 0.25) is 0 Å². The lowest BCUT2D eigenvalue weighted by molar-refractivity contribution is 0.0701. The third kappa shape index (κ3) is 2.89. The molecule has 0 saturated carbocycles. The van der Waals surface area contributed by atoms with E-state index in [4.69, 9.17) is 4.42 Å². The molecule has 0 radical (unpaired) electrons. The maximum atomic E-state index is 12.6. The lowest BCUT2D eigenvalue weighted by Gasteiger charge is -2.28. The molecule has 122 valence electrons. The standard InChI is InChI=1S/C16H18N2O4S/c1-11-15(23(20,21)17-2)9-14(22-11)16(19)18-8-7-12-5-3-4-6-13(12)10-18/h3-6,9,17H,7-8,10H2,1-2H3. The van der Waals surface area contributed by atoms with E-state index in [2.05, 4.69) is 10.8 Å². The number of carbonyl (C=O) groups excluding carboxylic acids is 1. The van der Waals surface area contributed by atoms with Crippen molar-refractivity contribution in [3.05, 3.63) is 53.0 Å². The fraction of sp³-hybridized carbons (Fsp3) is 0.312. The van der Waals surface area contributed by atoms with Crippen molar-refractivity contribution in [2.45, 2.75) is 24.8 Å². The van der Waals surface area contributed by atoms with Crippen molar-refractivity contribution < 1.29 is 17.6 Å². The Hall–Kier alpha value is -2.12. The van der Waals surface area contributed by atoms with Crippen molar-refractivity contribution in [3.63, 3.8) is 0 Å². The number of aryl methyl sites for hydroxylation is 1. The summed E-state index contributed by atoms with van der Waals surface area (Å²) in [5.74, 6) is -0.0315. The number of amides is 1. The van der Waals surface area contributed by atoms with E-state index in [9.17, 15) is 13.2 Å². The Morgan fingerprint density at radius 2 is 1.96 bits per heavy atom. The van der Waals surface area contributed by atoms with Crippen LogP contribution in [-0.2, 0) is 23.0 Å². The number of fused-ring (bicyclic) bond motifs is 1. The van der Waals surface area contributed by atoms with Gasteiger partial charge in [0.25, 0.3) is 5.91 Å². The molecular formula is C16H18N2O4S. The molecule has 23 heavy (non-hydrogen) atoms. The largest absolute Gasteiger partial charge is 0.455 e. The summed E-state index contributed by atoms with van der Waals surface area (Å²) in [4.78, 5) is 14.3. The van der Waals surface area contributed by atoms with Gasteiger partial charge in [0, 0.05) is 19.2 Å². The molecule has 6 nitrogen and oxygen atoms in total. The van der Waals surface area contributed by atoms with E-state index in [0.717, 1.165) is 12.0 Å². The number of carbonyl (C=O) groups is 1. The molecule has 0 spiro atoms. The SMILES string of the molecule is CNS(=O)(=O)c1cc(C(=O)N2CCc3ccccc3C2)oc1C. The number of hydrogen-bond donors (Lipinski definition) is 1. The van der Waals surface area contributed by atoms with Crippen molar-refractivity contribution in [1.29, 1.82) is 0 Å². The van der Waals surface area contributed by atoms with Crippen LogP contribution in [0.1, 0.15) is 27.4 Å². The lowest BCUT2D eigenvalue weighted by atomic mass is 10.00. The van der Waals surface area contributed by atoms with Crippen LogP contribution in [0.5, 0.6) is 0 Å². The first-order chi connectivity index (χ1) is 10.9. The second kappa shape index (κ2) is 5.82. The molecule has 0 fully saturated rings. The summed E-state index contributed by atoms with van der Waals surface area (Å²) < 4.78 is 31.4. The molecule has 0 bridgehead atoms. The first-order valence-electron chi connectivity index (χ1n) is 7.32. The van der Waals surface area contributed by atoms with Crippen molar-refractivity contribution in [3.8, 4) is 0 Å². The first kappa shape index (κ1) is 15.8. The third-order valence-electron chi connectivity index (χ3n) is 4.06. The Morgan fingerprint density at radius 3 is 2.65 bits per heavy atom. The van der Waals surface area contributed by atoms with E-state index in [1.54, 1.807) is 4.90 Å². The predicted octanol–water partition coefficient (Wildman–Crippen LogP) is 1.69. The van der Waals surface area contributed by atoms with Gasteiger partial charge in [0.2, 0.25) is 10.0 Å². The van der Waals surface area contributed by atoms with E-state index < -0.39 is 10.0 Å². The molecule has 0 atom stereocenters. The van der Waals surface area contributed by atoms with Crippen molar-refractivity contribution in [1.82, 2.24) is 9.62 Å². The smallest absolute Gasteiger partial charge is 0.289 e. The fourth-order valence-electron chi connectivity index (χ4n) is 2.77. The van der Waals surface area contributed by atoms with Crippen LogP contribution >= 0.6 is 0 Å². The quantitative estimate of drug-likeness (QED) is 0.926. The van der Waals surface area contributed by atoms with Gasteiger partial charge < -0.3 is 9.32 Å². The Balaban J connectivity index is 1.87. The summed E-state index contributed by atoms with van der Waals surface area (Å²) in [6.07, 6.45) is 0.781. The second-order valence-corrected chi connectivity index (χ2v) is 7.34. The highest BCUT2D eigenvalue weighted by atomic mass is 32.2. The van der Waals surface area contributed by atoms with E-state index in [0.29, 0.717) is 13.1 Å². The molecule has 1 aromatic heterocycles. The molecule has 1 amide bonds. The zero-order valence-electron chi connectivity index (χ0n) is 13.0. The molecule has 1 aromatic carbocycles. The molecule has 1 N–H and O–H groups in total. The molecule has 3 rings (SSSR count). The van der Waals surface area contributed by atoms with E-state index >= 15 is 0 Å². The zero-order chi connectivity index (χ0) is 16.6. The van der Waals surface area contributed by atoms with Gasteiger partial charge in [-0.25, -0.2) is 13.1 Å². The number of hydrogen-bond acceptors (Lipinski definition) is 4. The highest BCUT2D eigenvalue weighted by Crippen LogP contribution is 2.24. The molecule has 1 aliphatic heterocycles. The maximum Gasteiger partial charge on any atom is 0.289 e. The zero-order valence-corrected chi connectivity index (χ0v) is 13.8. The Labute approximate surface area is 135 Å². The van der Waals surface area contributed by atoms with Gasteiger partial charge >= 0.3 is 0 Å². The number of sulfonamides is 1. The Bertz CT molecular complexity index is 855. The number of nitrogens with zero attached hydrogens (tertiary/aromatic N) is 1. The van der Waals surface area contributed by atoms with Crippen molar-refractivity contribution in [2.75, 3.05) is 13.6 Å². The van der Waals surface area contributed by atoms with Crippen LogP contribution in [0.3, 0.4) is 0 Å². The van der Waals surface area contributed by atoms with Gasteiger partial charge in [0.05, 0.1) is 0 Å². The number of rotatable bonds is 3. The fourth-order valence-corrected chi connectivity index (χ4v) is 3.67. The summed E-state index contributed by atoms with van der Waals surface area (Å²) in [7, 11) is -2.31. The maximum absolute atomic E-state index is 12.6. The topological polar surface area (TPSA) is 79.6 Å². The van der Waals surface area contributed by atoms with Crippen molar-refractivity contribution in [2.24, 2.45) is 0 Å². The molecular weight excluding hydrogens is 316 g/mol. The van der Waals surface area contributed by atoms with Gasteiger partial charge in [0.15, 0.2) is 5.76 Å². The normalized spacial score (nSPS) is 14.6. The average molecular weight is 334 g/mol. The molecule has 7 heteroatoms. The van der Waals surface area contributed by atoms with Gasteiger partial charge in [0.1, 0.15) is 10.7 Å². The Kier molecular flexibility index (Phi) is 3.99. The minimum absolute atomic E-state index is 0.000703. The van der Waals surface area contributed by atoms with E-state index in [-0.39, 0.29) is 22.3 Å². The summed E-state index contributed by atoms with van der Waals surface area (Å²) in [5, 5.41) is 0. The monoisotopic (exact) mass is 334 g/mol. The van der Waals surface area contributed by atoms with Gasteiger partial charge in [-0.05, 0) is 31.5 Å². The molecule has 0 unspecified atom stereocenters. The summed E-state index contributed by atoms with van der Waals surface area (Å²) >= 11 is 0. The van der Waals surface area contributed by atoms with Crippen LogP contribution in [-0.4, -0.2) is 32.8 Å². The Morgan fingerprint density at radius 1 is 1.26 bits per heavy atom. The summed E-state index contributed by atoms with van der Waals surface area (Å²) in [5.41, 5.74) is 2.35. The molecule has 0 aliphatic carbocycles. The van der Waals surface area contributed by atoms with Crippen LogP contribution in [0.25, 0.3) is 0 Å². The van der Waals surface area contributed by atoms with Crippen LogP contribution < -0.4 is 4.72 Å². The van der Waals surface area contributed by atoms with E-state index in [1.807, 2.05) is 18.2 Å². The number of furan rings is 1. The number of benzene rings is 1. The van der Waals surface area contributed by atoms with Gasteiger partial charge in [-0.3, -0.25) is 4.79 Å². The molecule has 2 heterocycles. The predicted molar refractivity (Wildman–Crippen MR) is 84.6 cm³/mol. The first-order valence-corrected chi connectivity index (χ1v) is 8.80. The second-order valence-electron chi connectivity index (χ2n) is 5.48. The van der Waals surface area contributed by atoms with Gasteiger partial charge in [-0.15, -0.1) is 0 Å². The summed E-state index contributed by atoms with van der Waals surface area (Å²) in [6.45, 7) is 2.62. The molecule has 2 aromatic rings.